The summed E-state index contributed by atoms with van der Waals surface area (Å²) in [6, 6.07) is 3.20. The van der Waals surface area contributed by atoms with Gasteiger partial charge in [0.25, 0.3) is 0 Å². The molecule has 27 heavy (non-hydrogen) atoms. The molecule has 0 saturated heterocycles. The molecule has 2 heterocycles. The minimum atomic E-state index is 0.367. The van der Waals surface area contributed by atoms with Gasteiger partial charge in [0.1, 0.15) is 19.0 Å². The lowest BCUT2D eigenvalue weighted by molar-refractivity contribution is 0.322. The van der Waals surface area contributed by atoms with Crippen LogP contribution in [0, 0.1) is 0 Å². The van der Waals surface area contributed by atoms with Crippen molar-refractivity contribution in [3.05, 3.63) is 38.8 Å². The predicted molar refractivity (Wildman–Crippen MR) is 108 cm³/mol. The van der Waals surface area contributed by atoms with Crippen molar-refractivity contribution in [3.63, 3.8) is 0 Å². The highest BCUT2D eigenvalue weighted by Gasteiger charge is 2.16. The van der Waals surface area contributed by atoms with Crippen LogP contribution in [0.1, 0.15) is 25.0 Å². The third-order valence-corrected chi connectivity index (χ3v) is 4.79. The molecule has 146 valence electrons. The highest BCUT2D eigenvalue weighted by Crippen LogP contribution is 2.35. The van der Waals surface area contributed by atoms with Gasteiger partial charge < -0.3 is 19.9 Å². The maximum absolute atomic E-state index is 6.11. The second-order valence-corrected chi connectivity index (χ2v) is 7.21. The number of halogens is 3. The lowest BCUT2D eigenvalue weighted by atomic mass is 10.3. The molecule has 0 bridgehead atoms. The minimum Gasteiger partial charge on any atom is -0.489 e. The van der Waals surface area contributed by atoms with Crippen LogP contribution in [0.5, 0.6) is 5.75 Å². The number of guanidine groups is 1. The fourth-order valence-electron chi connectivity index (χ4n) is 2.81. The van der Waals surface area contributed by atoms with E-state index in [9.17, 15) is 0 Å². The van der Waals surface area contributed by atoms with E-state index < -0.39 is 0 Å². The molecule has 1 aromatic heterocycles. The summed E-state index contributed by atoms with van der Waals surface area (Å²) in [7, 11) is 0. The number of hydrogen-bond donors (Lipinski definition) is 2. The number of aliphatic imine (C=N–C) groups is 1. The van der Waals surface area contributed by atoms with E-state index in [0.29, 0.717) is 46.5 Å². The molecular weight excluding hydrogens is 411 g/mol. The molecule has 0 saturated carbocycles. The summed E-state index contributed by atoms with van der Waals surface area (Å²) >= 11 is 18.1. The second-order valence-electron chi connectivity index (χ2n) is 5.96. The molecule has 3 rings (SSSR count). The van der Waals surface area contributed by atoms with E-state index in [-0.39, 0.29) is 0 Å². The number of aromatic nitrogens is 3. The molecule has 0 unspecified atom stereocenters. The Kier molecular flexibility index (Phi) is 7.04. The smallest absolute Gasteiger partial charge is 0.191 e. The van der Waals surface area contributed by atoms with Gasteiger partial charge in [0.05, 0.1) is 16.6 Å². The first-order valence-corrected chi connectivity index (χ1v) is 9.92. The summed E-state index contributed by atoms with van der Waals surface area (Å²) in [4.78, 5) is 4.57. The maximum atomic E-state index is 6.11. The third-order valence-electron chi connectivity index (χ3n) is 4.01. The summed E-state index contributed by atoms with van der Waals surface area (Å²) in [5, 5.41) is 16.1. The molecule has 0 spiro atoms. The Morgan fingerprint density at radius 2 is 2.00 bits per heavy atom. The average Bonchev–Trinajstić information content (AvgIpc) is 3.22. The Labute approximate surface area is 173 Å². The third kappa shape index (κ3) is 5.18. The van der Waals surface area contributed by atoms with Gasteiger partial charge in [-0.1, -0.05) is 34.8 Å². The quantitative estimate of drug-likeness (QED) is 0.399. The molecular formula is C17H21Cl3N6O. The molecule has 0 atom stereocenters. The summed E-state index contributed by atoms with van der Waals surface area (Å²) in [5.74, 6) is 3.04. The Bertz CT molecular complexity index is 800. The molecule has 2 aromatic rings. The van der Waals surface area contributed by atoms with Crippen molar-refractivity contribution in [2.75, 3.05) is 19.7 Å². The SMILES string of the molecule is CCNC(=NCc1nnc2n1CCC2)NCCOc1c(Cl)cc(Cl)cc1Cl. The van der Waals surface area contributed by atoms with Crippen molar-refractivity contribution in [1.82, 2.24) is 25.4 Å². The van der Waals surface area contributed by atoms with Crippen molar-refractivity contribution < 1.29 is 4.74 Å². The van der Waals surface area contributed by atoms with E-state index in [1.165, 1.54) is 0 Å². The van der Waals surface area contributed by atoms with Gasteiger partial charge in [-0.05, 0) is 25.5 Å². The molecule has 10 heteroatoms. The van der Waals surface area contributed by atoms with Crippen molar-refractivity contribution in [2.45, 2.75) is 32.9 Å². The van der Waals surface area contributed by atoms with Gasteiger partial charge in [-0.2, -0.15) is 0 Å². The van der Waals surface area contributed by atoms with Crippen LogP contribution < -0.4 is 15.4 Å². The van der Waals surface area contributed by atoms with Crippen molar-refractivity contribution >= 4 is 40.8 Å². The maximum Gasteiger partial charge on any atom is 0.191 e. The van der Waals surface area contributed by atoms with Crippen molar-refractivity contribution in [2.24, 2.45) is 4.99 Å². The Morgan fingerprint density at radius 1 is 1.22 bits per heavy atom. The van der Waals surface area contributed by atoms with Gasteiger partial charge in [-0.25, -0.2) is 4.99 Å². The van der Waals surface area contributed by atoms with Gasteiger partial charge in [0, 0.05) is 24.5 Å². The molecule has 0 aliphatic carbocycles. The standard InChI is InChI=1S/C17H21Cl3N6O/c1-2-21-17(23-10-15-25-24-14-4-3-6-26(14)15)22-5-7-27-16-12(19)8-11(18)9-13(16)20/h8-9H,2-7,10H2,1H3,(H2,21,22,23). The number of ether oxygens (including phenoxy) is 1. The van der Waals surface area contributed by atoms with E-state index in [2.05, 4.69) is 30.4 Å². The van der Waals surface area contributed by atoms with Crippen LogP contribution in [0.4, 0.5) is 0 Å². The Morgan fingerprint density at radius 3 is 2.74 bits per heavy atom. The van der Waals surface area contributed by atoms with Gasteiger partial charge in [-0.15, -0.1) is 10.2 Å². The number of rotatable bonds is 7. The second kappa shape index (κ2) is 9.48. The highest BCUT2D eigenvalue weighted by atomic mass is 35.5. The normalized spacial score (nSPS) is 13.6. The van der Waals surface area contributed by atoms with Gasteiger partial charge in [0.15, 0.2) is 17.5 Å². The van der Waals surface area contributed by atoms with Gasteiger partial charge >= 0.3 is 0 Å². The van der Waals surface area contributed by atoms with Gasteiger partial charge in [-0.3, -0.25) is 0 Å². The summed E-state index contributed by atoms with van der Waals surface area (Å²) in [6.45, 7) is 5.09. The molecule has 1 aliphatic rings. The molecule has 0 radical (unpaired) electrons. The minimum absolute atomic E-state index is 0.367. The Hall–Kier alpha value is -1.70. The number of fused-ring (bicyclic) bond motifs is 1. The fourth-order valence-corrected chi connectivity index (χ4v) is 3.73. The van der Waals surface area contributed by atoms with Crippen LogP contribution in [-0.2, 0) is 19.5 Å². The molecule has 7 nitrogen and oxygen atoms in total. The molecule has 0 amide bonds. The number of benzene rings is 1. The van der Waals surface area contributed by atoms with E-state index in [0.717, 1.165) is 37.6 Å². The van der Waals surface area contributed by atoms with Crippen LogP contribution in [0.2, 0.25) is 15.1 Å². The summed E-state index contributed by atoms with van der Waals surface area (Å²) in [5.41, 5.74) is 0. The van der Waals surface area contributed by atoms with Crippen molar-refractivity contribution in [1.29, 1.82) is 0 Å². The van der Waals surface area contributed by atoms with Crippen LogP contribution in [0.15, 0.2) is 17.1 Å². The topological polar surface area (TPSA) is 76.4 Å². The number of nitrogens with one attached hydrogen (secondary N) is 2. The van der Waals surface area contributed by atoms with Crippen LogP contribution in [0.25, 0.3) is 0 Å². The lowest BCUT2D eigenvalue weighted by Crippen LogP contribution is -2.39. The summed E-state index contributed by atoms with van der Waals surface area (Å²) in [6.07, 6.45) is 2.11. The zero-order valence-corrected chi connectivity index (χ0v) is 17.2. The van der Waals surface area contributed by atoms with E-state index in [1.807, 2.05) is 6.92 Å². The molecule has 0 fully saturated rings. The molecule has 1 aliphatic heterocycles. The van der Waals surface area contributed by atoms with E-state index in [1.54, 1.807) is 12.1 Å². The first-order chi connectivity index (χ1) is 13.1. The number of nitrogens with zero attached hydrogens (tertiary/aromatic N) is 4. The fraction of sp³-hybridized carbons (Fsp3) is 0.471. The zero-order valence-electron chi connectivity index (χ0n) is 14.9. The van der Waals surface area contributed by atoms with E-state index in [4.69, 9.17) is 39.5 Å². The largest absolute Gasteiger partial charge is 0.489 e. The van der Waals surface area contributed by atoms with E-state index >= 15 is 0 Å². The van der Waals surface area contributed by atoms with Crippen molar-refractivity contribution in [3.8, 4) is 5.75 Å². The molecule has 2 N–H and O–H groups in total. The summed E-state index contributed by atoms with van der Waals surface area (Å²) < 4.78 is 7.81. The number of hydrogen-bond acceptors (Lipinski definition) is 4. The first-order valence-electron chi connectivity index (χ1n) is 8.79. The van der Waals surface area contributed by atoms with Crippen LogP contribution >= 0.6 is 34.8 Å². The average molecular weight is 432 g/mol. The monoisotopic (exact) mass is 430 g/mol. The number of aryl methyl sites for hydroxylation is 1. The lowest BCUT2D eigenvalue weighted by Gasteiger charge is -2.13. The Balaban J connectivity index is 1.52. The van der Waals surface area contributed by atoms with Crippen LogP contribution in [0.3, 0.4) is 0 Å². The zero-order chi connectivity index (χ0) is 19.2. The predicted octanol–water partition coefficient (Wildman–Crippen LogP) is 3.32. The highest BCUT2D eigenvalue weighted by molar-refractivity contribution is 6.40. The van der Waals surface area contributed by atoms with Gasteiger partial charge in [0.2, 0.25) is 0 Å². The molecule has 1 aromatic carbocycles. The van der Waals surface area contributed by atoms with Crippen LogP contribution in [-0.4, -0.2) is 40.4 Å². The first kappa shape index (κ1) is 20.0.